The Labute approximate surface area is 154 Å². The number of nitrogens with zero attached hydrogens (tertiary/aromatic N) is 2. The van der Waals surface area contributed by atoms with Gasteiger partial charge in [-0.15, -0.1) is 0 Å². The monoisotopic (exact) mass is 373 g/mol. The van der Waals surface area contributed by atoms with E-state index >= 15 is 0 Å². The maximum atomic E-state index is 12.5. The summed E-state index contributed by atoms with van der Waals surface area (Å²) in [6.45, 7) is 1.13. The summed E-state index contributed by atoms with van der Waals surface area (Å²) in [6, 6.07) is 13.6. The first kappa shape index (κ1) is 18.4. The number of carbonyl (C=O) groups is 1. The second-order valence-corrected chi connectivity index (χ2v) is 8.47. The summed E-state index contributed by atoms with van der Waals surface area (Å²) < 4.78 is 26.5. The fourth-order valence-corrected chi connectivity index (χ4v) is 4.42. The molecule has 138 valence electrons. The third-order valence-corrected chi connectivity index (χ3v) is 6.37. The van der Waals surface area contributed by atoms with Crippen LogP contribution in [0.5, 0.6) is 0 Å². The van der Waals surface area contributed by atoms with Crippen LogP contribution in [-0.4, -0.2) is 45.8 Å². The lowest BCUT2D eigenvalue weighted by Gasteiger charge is -2.15. The van der Waals surface area contributed by atoms with Gasteiger partial charge in [0.2, 0.25) is 10.0 Å². The van der Waals surface area contributed by atoms with Crippen molar-refractivity contribution in [3.63, 3.8) is 0 Å². The van der Waals surface area contributed by atoms with Crippen molar-refractivity contribution in [2.45, 2.75) is 17.7 Å². The van der Waals surface area contributed by atoms with E-state index < -0.39 is 10.0 Å². The summed E-state index contributed by atoms with van der Waals surface area (Å²) in [6.07, 6.45) is 1.79. The zero-order valence-electron chi connectivity index (χ0n) is 15.0. The van der Waals surface area contributed by atoms with E-state index in [2.05, 4.69) is 5.32 Å². The van der Waals surface area contributed by atoms with Crippen molar-refractivity contribution >= 4 is 27.3 Å². The first-order chi connectivity index (χ1) is 12.4. The highest BCUT2D eigenvalue weighted by Crippen LogP contribution is 2.22. The van der Waals surface area contributed by atoms with Crippen molar-refractivity contribution in [1.82, 2.24) is 4.31 Å². The van der Waals surface area contributed by atoms with Gasteiger partial charge in [0, 0.05) is 44.1 Å². The van der Waals surface area contributed by atoms with Crippen LogP contribution in [0.1, 0.15) is 23.2 Å². The number of anilines is 2. The molecule has 0 bridgehead atoms. The van der Waals surface area contributed by atoms with Crippen molar-refractivity contribution in [2.75, 3.05) is 37.4 Å². The molecule has 26 heavy (non-hydrogen) atoms. The fraction of sp³-hybridized carbons (Fsp3) is 0.316. The highest BCUT2D eigenvalue weighted by Gasteiger charge is 2.27. The lowest BCUT2D eigenvalue weighted by Crippen LogP contribution is -2.27. The minimum Gasteiger partial charge on any atom is -0.378 e. The van der Waals surface area contributed by atoms with Crippen LogP contribution in [0, 0.1) is 0 Å². The molecule has 1 saturated heterocycles. The number of rotatable bonds is 5. The SMILES string of the molecule is CN(C)c1ccc(NC(=O)c2ccc(S(=O)(=O)N3CCCC3)cc2)cc1. The van der Waals surface area contributed by atoms with E-state index in [1.54, 1.807) is 12.1 Å². The first-order valence-corrected chi connectivity index (χ1v) is 10.0. The normalized spacial score (nSPS) is 15.0. The molecular weight excluding hydrogens is 350 g/mol. The number of sulfonamides is 1. The molecule has 0 unspecified atom stereocenters. The van der Waals surface area contributed by atoms with Gasteiger partial charge in [0.25, 0.3) is 5.91 Å². The number of hydrogen-bond donors (Lipinski definition) is 1. The Kier molecular flexibility index (Phi) is 5.29. The quantitative estimate of drug-likeness (QED) is 0.875. The zero-order valence-corrected chi connectivity index (χ0v) is 15.8. The summed E-state index contributed by atoms with van der Waals surface area (Å²) >= 11 is 0. The van der Waals surface area contributed by atoms with Crippen LogP contribution in [0.25, 0.3) is 0 Å². The van der Waals surface area contributed by atoms with Crippen LogP contribution in [0.3, 0.4) is 0 Å². The Bertz CT molecular complexity index is 869. The van der Waals surface area contributed by atoms with Crippen LogP contribution >= 0.6 is 0 Å². The molecule has 0 radical (unpaired) electrons. The predicted octanol–water partition coefficient (Wildman–Crippen LogP) is 2.79. The number of benzene rings is 2. The highest BCUT2D eigenvalue weighted by molar-refractivity contribution is 7.89. The Morgan fingerprint density at radius 1 is 0.962 bits per heavy atom. The number of carbonyl (C=O) groups excluding carboxylic acids is 1. The number of amides is 1. The molecule has 2 aromatic rings. The van der Waals surface area contributed by atoms with Gasteiger partial charge in [-0.05, 0) is 61.4 Å². The van der Waals surface area contributed by atoms with E-state index in [0.717, 1.165) is 18.5 Å². The summed E-state index contributed by atoms with van der Waals surface area (Å²) in [5.74, 6) is -0.271. The van der Waals surface area contributed by atoms with Crippen LogP contribution in [0.15, 0.2) is 53.4 Å². The van der Waals surface area contributed by atoms with Crippen LogP contribution < -0.4 is 10.2 Å². The molecule has 1 heterocycles. The van der Waals surface area contributed by atoms with Gasteiger partial charge in [0.05, 0.1) is 4.90 Å². The molecule has 0 saturated carbocycles. The van der Waals surface area contributed by atoms with Crippen LogP contribution in [0.2, 0.25) is 0 Å². The largest absolute Gasteiger partial charge is 0.378 e. The first-order valence-electron chi connectivity index (χ1n) is 8.57. The third-order valence-electron chi connectivity index (χ3n) is 4.46. The maximum Gasteiger partial charge on any atom is 0.255 e. The Morgan fingerprint density at radius 3 is 2.08 bits per heavy atom. The molecule has 1 amide bonds. The Balaban J connectivity index is 1.70. The molecule has 2 aromatic carbocycles. The smallest absolute Gasteiger partial charge is 0.255 e. The topological polar surface area (TPSA) is 69.7 Å². The lowest BCUT2D eigenvalue weighted by atomic mass is 10.2. The second-order valence-electron chi connectivity index (χ2n) is 6.53. The van der Waals surface area contributed by atoms with E-state index in [-0.39, 0.29) is 10.8 Å². The van der Waals surface area contributed by atoms with Crippen molar-refractivity contribution < 1.29 is 13.2 Å². The summed E-state index contributed by atoms with van der Waals surface area (Å²) in [5.41, 5.74) is 2.15. The van der Waals surface area contributed by atoms with Crippen molar-refractivity contribution in [2.24, 2.45) is 0 Å². The predicted molar refractivity (Wildman–Crippen MR) is 103 cm³/mol. The van der Waals surface area contributed by atoms with E-state index in [0.29, 0.717) is 24.3 Å². The average Bonchev–Trinajstić information content (AvgIpc) is 3.18. The maximum absolute atomic E-state index is 12.5. The molecule has 1 fully saturated rings. The van der Waals surface area contributed by atoms with Gasteiger partial charge in [-0.3, -0.25) is 4.79 Å². The van der Waals surface area contributed by atoms with Gasteiger partial charge in [0.15, 0.2) is 0 Å². The molecule has 6 nitrogen and oxygen atoms in total. The van der Waals surface area contributed by atoms with E-state index in [4.69, 9.17) is 0 Å². The minimum absolute atomic E-state index is 0.228. The molecule has 3 rings (SSSR count). The molecular formula is C19H23N3O3S. The van der Waals surface area contributed by atoms with Crippen molar-refractivity contribution in [1.29, 1.82) is 0 Å². The molecule has 1 N–H and O–H groups in total. The van der Waals surface area contributed by atoms with Gasteiger partial charge in [-0.1, -0.05) is 0 Å². The molecule has 0 aliphatic carbocycles. The number of nitrogens with one attached hydrogen (secondary N) is 1. The standard InChI is InChI=1S/C19H23N3O3S/c1-21(2)17-9-7-16(8-10-17)20-19(23)15-5-11-18(12-6-15)26(24,25)22-13-3-4-14-22/h5-12H,3-4,13-14H2,1-2H3,(H,20,23). The summed E-state index contributed by atoms with van der Waals surface area (Å²) in [7, 11) is 0.443. The molecule has 1 aliphatic heterocycles. The third kappa shape index (κ3) is 3.89. The van der Waals surface area contributed by atoms with Crippen LogP contribution in [0.4, 0.5) is 11.4 Å². The van der Waals surface area contributed by atoms with Crippen LogP contribution in [-0.2, 0) is 10.0 Å². The molecule has 7 heteroatoms. The number of hydrogen-bond acceptors (Lipinski definition) is 4. The van der Waals surface area contributed by atoms with Crippen molar-refractivity contribution in [3.05, 3.63) is 54.1 Å². The Hall–Kier alpha value is -2.38. The van der Waals surface area contributed by atoms with E-state index in [1.165, 1.54) is 16.4 Å². The minimum atomic E-state index is -3.46. The highest BCUT2D eigenvalue weighted by atomic mass is 32.2. The average molecular weight is 373 g/mol. The fourth-order valence-electron chi connectivity index (χ4n) is 2.90. The Morgan fingerprint density at radius 2 is 1.54 bits per heavy atom. The van der Waals surface area contributed by atoms with Gasteiger partial charge in [-0.2, -0.15) is 4.31 Å². The second kappa shape index (κ2) is 7.47. The molecule has 0 spiro atoms. The summed E-state index contributed by atoms with van der Waals surface area (Å²) in [5, 5.41) is 2.82. The zero-order chi connectivity index (χ0) is 18.7. The van der Waals surface area contributed by atoms with E-state index in [9.17, 15) is 13.2 Å². The van der Waals surface area contributed by atoms with Gasteiger partial charge in [-0.25, -0.2) is 8.42 Å². The van der Waals surface area contributed by atoms with Crippen molar-refractivity contribution in [3.8, 4) is 0 Å². The lowest BCUT2D eigenvalue weighted by molar-refractivity contribution is 0.102. The summed E-state index contributed by atoms with van der Waals surface area (Å²) in [4.78, 5) is 14.6. The molecule has 0 aromatic heterocycles. The van der Waals surface area contributed by atoms with Gasteiger partial charge >= 0.3 is 0 Å². The van der Waals surface area contributed by atoms with Gasteiger partial charge in [0.1, 0.15) is 0 Å². The molecule has 1 aliphatic rings. The van der Waals surface area contributed by atoms with Gasteiger partial charge < -0.3 is 10.2 Å². The molecule has 0 atom stereocenters. The van der Waals surface area contributed by atoms with E-state index in [1.807, 2.05) is 43.3 Å².